The van der Waals surface area contributed by atoms with Gasteiger partial charge in [-0.25, -0.2) is 4.98 Å². The lowest BCUT2D eigenvalue weighted by atomic mass is 10.1. The summed E-state index contributed by atoms with van der Waals surface area (Å²) in [6, 6.07) is 4.79. The van der Waals surface area contributed by atoms with E-state index in [4.69, 9.17) is 0 Å². The Morgan fingerprint density at radius 2 is 1.76 bits per heavy atom. The van der Waals surface area contributed by atoms with Gasteiger partial charge in [0.2, 0.25) is 0 Å². The number of aryl methyl sites for hydroxylation is 1. The summed E-state index contributed by atoms with van der Waals surface area (Å²) >= 11 is 0. The van der Waals surface area contributed by atoms with E-state index in [0.29, 0.717) is 17.0 Å². The van der Waals surface area contributed by atoms with Gasteiger partial charge in [-0.1, -0.05) is 12.1 Å². The Hall–Kier alpha value is -1.91. The molecular weight excluding hydrogens is 229 g/mol. The van der Waals surface area contributed by atoms with E-state index in [1.165, 1.54) is 18.3 Å². The smallest absolute Gasteiger partial charge is 0.257 e. The highest BCUT2D eigenvalue weighted by Crippen LogP contribution is 2.30. The predicted octanol–water partition coefficient (Wildman–Crippen LogP) is 3.27. The topological polar surface area (TPSA) is 25.8 Å². The molecule has 0 aliphatic heterocycles. The molecule has 0 aliphatic carbocycles. The van der Waals surface area contributed by atoms with E-state index in [0.717, 1.165) is 12.1 Å². The van der Waals surface area contributed by atoms with Crippen molar-refractivity contribution in [1.29, 1.82) is 0 Å². The van der Waals surface area contributed by atoms with Crippen molar-refractivity contribution in [1.82, 2.24) is 9.97 Å². The van der Waals surface area contributed by atoms with Crippen LogP contribution < -0.4 is 0 Å². The molecule has 1 radical (unpaired) electrons. The third-order valence-electron chi connectivity index (χ3n) is 2.23. The molecule has 0 saturated carbocycles. The van der Waals surface area contributed by atoms with E-state index in [1.807, 2.05) is 0 Å². The SMILES string of the molecule is Cc1[c]nc(-c2ccc(C(F)(F)F)cc2)cn1. The van der Waals surface area contributed by atoms with Gasteiger partial charge in [0, 0.05) is 5.56 Å². The van der Waals surface area contributed by atoms with Crippen LogP contribution in [0.2, 0.25) is 0 Å². The van der Waals surface area contributed by atoms with Gasteiger partial charge in [0.15, 0.2) is 0 Å². The molecule has 1 aromatic carbocycles. The molecule has 0 fully saturated rings. The highest BCUT2D eigenvalue weighted by Gasteiger charge is 2.29. The van der Waals surface area contributed by atoms with Gasteiger partial charge in [0.1, 0.15) is 6.20 Å². The lowest BCUT2D eigenvalue weighted by Gasteiger charge is -2.07. The number of benzene rings is 1. The molecule has 1 aromatic heterocycles. The van der Waals surface area contributed by atoms with Crippen molar-refractivity contribution < 1.29 is 13.2 Å². The fourth-order valence-corrected chi connectivity index (χ4v) is 1.33. The van der Waals surface area contributed by atoms with Crippen molar-refractivity contribution in [2.24, 2.45) is 0 Å². The van der Waals surface area contributed by atoms with Crippen LogP contribution >= 0.6 is 0 Å². The second-order valence-electron chi connectivity index (χ2n) is 3.53. The zero-order chi connectivity index (χ0) is 12.5. The van der Waals surface area contributed by atoms with Gasteiger partial charge in [-0.2, -0.15) is 13.2 Å². The normalized spacial score (nSPS) is 11.5. The Balaban J connectivity index is 2.33. The van der Waals surface area contributed by atoms with E-state index in [2.05, 4.69) is 16.2 Å². The van der Waals surface area contributed by atoms with Crippen LogP contribution in [-0.2, 0) is 6.18 Å². The highest BCUT2D eigenvalue weighted by molar-refractivity contribution is 5.58. The van der Waals surface area contributed by atoms with E-state index >= 15 is 0 Å². The van der Waals surface area contributed by atoms with Gasteiger partial charge in [-0.3, -0.25) is 4.98 Å². The molecule has 0 saturated heterocycles. The molecule has 0 N–H and O–H groups in total. The van der Waals surface area contributed by atoms with Crippen LogP contribution in [-0.4, -0.2) is 9.97 Å². The van der Waals surface area contributed by atoms with Crippen molar-refractivity contribution in [3.8, 4) is 11.3 Å². The van der Waals surface area contributed by atoms with Crippen molar-refractivity contribution >= 4 is 0 Å². The standard InChI is InChI=1S/C12H8F3N2/c1-8-6-17-11(7-16-8)9-2-4-10(5-3-9)12(13,14)15/h2-5,7H,1H3. The molecule has 87 valence electrons. The number of aromatic nitrogens is 2. The van der Waals surface area contributed by atoms with E-state index in [9.17, 15) is 13.2 Å². The largest absolute Gasteiger partial charge is 0.416 e. The number of nitrogens with zero attached hydrogens (tertiary/aromatic N) is 2. The van der Waals surface area contributed by atoms with Crippen molar-refractivity contribution in [3.63, 3.8) is 0 Å². The Bertz CT molecular complexity index is 501. The molecule has 0 bridgehead atoms. The van der Waals surface area contributed by atoms with Crippen LogP contribution in [0.4, 0.5) is 13.2 Å². The summed E-state index contributed by atoms with van der Waals surface area (Å²) in [4.78, 5) is 7.96. The first kappa shape index (κ1) is 11.6. The number of alkyl halides is 3. The molecule has 17 heavy (non-hydrogen) atoms. The number of hydrogen-bond acceptors (Lipinski definition) is 2. The Morgan fingerprint density at radius 1 is 1.12 bits per heavy atom. The summed E-state index contributed by atoms with van der Waals surface area (Å²) < 4.78 is 37.0. The summed E-state index contributed by atoms with van der Waals surface area (Å²) in [7, 11) is 0. The number of halogens is 3. The third-order valence-corrected chi connectivity index (χ3v) is 2.23. The lowest BCUT2D eigenvalue weighted by Crippen LogP contribution is -2.04. The molecular formula is C12H8F3N2. The first-order chi connectivity index (χ1) is 7.97. The molecule has 0 aliphatic rings. The van der Waals surface area contributed by atoms with Gasteiger partial charge >= 0.3 is 6.18 Å². The molecule has 0 atom stereocenters. The van der Waals surface area contributed by atoms with E-state index in [-0.39, 0.29) is 0 Å². The van der Waals surface area contributed by atoms with Gasteiger partial charge in [-0.05, 0) is 19.1 Å². The summed E-state index contributed by atoms with van der Waals surface area (Å²) in [6.07, 6.45) is -0.148. The van der Waals surface area contributed by atoms with Crippen LogP contribution in [0.5, 0.6) is 0 Å². The first-order valence-corrected chi connectivity index (χ1v) is 4.86. The van der Waals surface area contributed by atoms with Gasteiger partial charge in [0.25, 0.3) is 0 Å². The number of rotatable bonds is 1. The molecule has 2 aromatic rings. The second-order valence-corrected chi connectivity index (χ2v) is 3.53. The van der Waals surface area contributed by atoms with Crippen LogP contribution in [0.1, 0.15) is 11.3 Å². The van der Waals surface area contributed by atoms with E-state index in [1.54, 1.807) is 6.92 Å². The molecule has 2 nitrogen and oxygen atoms in total. The third kappa shape index (κ3) is 2.61. The number of hydrogen-bond donors (Lipinski definition) is 0. The van der Waals surface area contributed by atoms with Crippen LogP contribution in [0.25, 0.3) is 11.3 Å². The molecule has 0 spiro atoms. The monoisotopic (exact) mass is 237 g/mol. The minimum atomic E-state index is -4.32. The quantitative estimate of drug-likeness (QED) is 0.760. The maximum Gasteiger partial charge on any atom is 0.416 e. The first-order valence-electron chi connectivity index (χ1n) is 4.86. The minimum absolute atomic E-state index is 0.504. The average Bonchev–Trinajstić information content (AvgIpc) is 2.29. The highest BCUT2D eigenvalue weighted by atomic mass is 19.4. The average molecular weight is 237 g/mol. The van der Waals surface area contributed by atoms with Gasteiger partial charge in [-0.15, -0.1) is 0 Å². The maximum atomic E-state index is 12.3. The van der Waals surface area contributed by atoms with Crippen molar-refractivity contribution in [2.75, 3.05) is 0 Å². The second kappa shape index (κ2) is 4.16. The van der Waals surface area contributed by atoms with Gasteiger partial charge < -0.3 is 0 Å². The van der Waals surface area contributed by atoms with Crippen LogP contribution in [0, 0.1) is 13.1 Å². The molecule has 2 rings (SSSR count). The van der Waals surface area contributed by atoms with Crippen LogP contribution in [0.15, 0.2) is 30.5 Å². The lowest BCUT2D eigenvalue weighted by molar-refractivity contribution is -0.137. The summed E-state index contributed by atoms with van der Waals surface area (Å²) in [5.41, 5.74) is 1.05. The predicted molar refractivity (Wildman–Crippen MR) is 56.0 cm³/mol. The maximum absolute atomic E-state index is 12.3. The van der Waals surface area contributed by atoms with Crippen molar-refractivity contribution in [3.05, 3.63) is 47.9 Å². The molecule has 0 unspecified atom stereocenters. The Morgan fingerprint density at radius 3 is 2.24 bits per heavy atom. The molecule has 0 amide bonds. The van der Waals surface area contributed by atoms with E-state index < -0.39 is 11.7 Å². The zero-order valence-corrected chi connectivity index (χ0v) is 8.92. The summed E-state index contributed by atoms with van der Waals surface area (Å²) in [5.74, 6) is 0. The molecule has 1 heterocycles. The zero-order valence-electron chi connectivity index (χ0n) is 8.92. The van der Waals surface area contributed by atoms with Gasteiger partial charge in [0.05, 0.1) is 23.1 Å². The summed E-state index contributed by atoms with van der Waals surface area (Å²) in [5, 5.41) is 0. The minimum Gasteiger partial charge on any atom is -0.257 e. The molecule has 5 heteroatoms. The van der Waals surface area contributed by atoms with Crippen LogP contribution in [0.3, 0.4) is 0 Å². The van der Waals surface area contributed by atoms with Crippen molar-refractivity contribution in [2.45, 2.75) is 13.1 Å². The summed E-state index contributed by atoms with van der Waals surface area (Å²) in [6.45, 7) is 1.74. The fourth-order valence-electron chi connectivity index (χ4n) is 1.33. The Labute approximate surface area is 96.2 Å². The fraction of sp³-hybridized carbons (Fsp3) is 0.167. The Kier molecular flexibility index (Phi) is 2.83.